The second kappa shape index (κ2) is 6.80. The van der Waals surface area contributed by atoms with Gasteiger partial charge in [-0.05, 0) is 24.0 Å². The topological polar surface area (TPSA) is 60.8 Å². The molecule has 2 heterocycles. The van der Waals surface area contributed by atoms with Gasteiger partial charge in [-0.1, -0.05) is 35.2 Å². The number of aromatic nitrogens is 4. The zero-order valence-electron chi connectivity index (χ0n) is 11.6. The van der Waals surface area contributed by atoms with Gasteiger partial charge in [0.15, 0.2) is 9.35 Å². The number of thioether (sulfide) groups is 1. The number of hydrogen-bond acceptors (Lipinski definition) is 7. The number of benzene rings is 1. The van der Waals surface area contributed by atoms with E-state index in [1.807, 2.05) is 6.26 Å². The van der Waals surface area contributed by atoms with E-state index in [1.54, 1.807) is 18.3 Å². The number of ether oxygens (including phenoxy) is 1. The maximum atomic E-state index is 12.8. The lowest BCUT2D eigenvalue weighted by Gasteiger charge is -2.05. The van der Waals surface area contributed by atoms with Crippen LogP contribution in [0, 0.1) is 5.82 Å². The molecule has 0 unspecified atom stereocenters. The fourth-order valence-corrected chi connectivity index (χ4v) is 2.88. The van der Waals surface area contributed by atoms with Crippen molar-refractivity contribution in [1.29, 1.82) is 0 Å². The van der Waals surface area contributed by atoms with Crippen LogP contribution in [0.15, 0.2) is 41.0 Å². The number of rotatable bonds is 5. The smallest absolute Gasteiger partial charge is 0.233 e. The second-order valence-electron chi connectivity index (χ2n) is 4.23. The van der Waals surface area contributed by atoms with Gasteiger partial charge in [-0.15, -0.1) is 10.2 Å². The maximum absolute atomic E-state index is 12.8. The van der Waals surface area contributed by atoms with Gasteiger partial charge in [-0.25, -0.2) is 9.37 Å². The van der Waals surface area contributed by atoms with E-state index in [-0.39, 0.29) is 5.82 Å². The number of halogens is 1. The van der Waals surface area contributed by atoms with Crippen molar-refractivity contribution in [2.75, 3.05) is 6.26 Å². The molecular formula is C14H11FN4OS2. The van der Waals surface area contributed by atoms with Gasteiger partial charge in [0.05, 0.1) is 12.4 Å². The Hall–Kier alpha value is -2.06. The molecule has 0 bridgehead atoms. The summed E-state index contributed by atoms with van der Waals surface area (Å²) in [5.41, 5.74) is 1.48. The zero-order valence-corrected chi connectivity index (χ0v) is 13.2. The normalized spacial score (nSPS) is 10.6. The molecule has 1 aromatic carbocycles. The van der Waals surface area contributed by atoms with Crippen molar-refractivity contribution in [3.63, 3.8) is 0 Å². The molecule has 0 radical (unpaired) electrons. The molecule has 0 saturated heterocycles. The molecule has 0 aliphatic carbocycles. The number of nitrogens with zero attached hydrogens (tertiary/aromatic N) is 4. The summed E-state index contributed by atoms with van der Waals surface area (Å²) in [5, 5.41) is 8.80. The lowest BCUT2D eigenvalue weighted by Crippen LogP contribution is -1.98. The summed E-state index contributed by atoms with van der Waals surface area (Å²) in [4.78, 5) is 8.47. The Morgan fingerprint density at radius 1 is 1.18 bits per heavy atom. The molecule has 112 valence electrons. The molecule has 3 rings (SSSR count). The van der Waals surface area contributed by atoms with Crippen LogP contribution in [0.1, 0.15) is 5.56 Å². The highest BCUT2D eigenvalue weighted by molar-refractivity contribution is 8.00. The van der Waals surface area contributed by atoms with Crippen LogP contribution in [0.2, 0.25) is 0 Å². The Labute approximate surface area is 134 Å². The first-order valence-electron chi connectivity index (χ1n) is 6.32. The molecule has 0 fully saturated rings. The first-order valence-corrected chi connectivity index (χ1v) is 8.36. The molecule has 0 atom stereocenters. The fourth-order valence-electron chi connectivity index (χ4n) is 1.65. The fraction of sp³-hybridized carbons (Fsp3) is 0.143. The van der Waals surface area contributed by atoms with E-state index in [4.69, 9.17) is 4.74 Å². The van der Waals surface area contributed by atoms with Gasteiger partial charge in [0.2, 0.25) is 5.88 Å². The lowest BCUT2D eigenvalue weighted by molar-refractivity contribution is 0.292. The molecule has 0 N–H and O–H groups in total. The van der Waals surface area contributed by atoms with Crippen LogP contribution in [-0.2, 0) is 6.61 Å². The van der Waals surface area contributed by atoms with Crippen LogP contribution in [0.4, 0.5) is 4.39 Å². The molecule has 8 heteroatoms. The van der Waals surface area contributed by atoms with Crippen molar-refractivity contribution < 1.29 is 9.13 Å². The van der Waals surface area contributed by atoms with Crippen LogP contribution < -0.4 is 4.74 Å². The van der Waals surface area contributed by atoms with Crippen molar-refractivity contribution >= 4 is 23.1 Å². The quantitative estimate of drug-likeness (QED) is 0.666. The van der Waals surface area contributed by atoms with Gasteiger partial charge < -0.3 is 4.74 Å². The molecule has 0 spiro atoms. The molecule has 5 nitrogen and oxygen atoms in total. The van der Waals surface area contributed by atoms with Gasteiger partial charge in [0.25, 0.3) is 0 Å². The molecular weight excluding hydrogens is 323 g/mol. The maximum Gasteiger partial charge on any atom is 0.233 e. The highest BCUT2D eigenvalue weighted by Gasteiger charge is 2.09. The standard InChI is InChI=1S/C14H11FN4OS2/c1-21-14-19-18-13(22-14)11-6-16-7-12(17-11)20-8-9-2-4-10(15)5-3-9/h2-7H,8H2,1H3. The van der Waals surface area contributed by atoms with Crippen molar-refractivity contribution in [3.8, 4) is 16.6 Å². The van der Waals surface area contributed by atoms with E-state index in [0.717, 1.165) is 9.90 Å². The van der Waals surface area contributed by atoms with Crippen molar-refractivity contribution in [2.24, 2.45) is 0 Å². The monoisotopic (exact) mass is 334 g/mol. The average Bonchev–Trinajstić information content (AvgIpc) is 3.04. The Kier molecular flexibility index (Phi) is 4.59. The summed E-state index contributed by atoms with van der Waals surface area (Å²) in [7, 11) is 0. The zero-order chi connectivity index (χ0) is 15.4. The van der Waals surface area contributed by atoms with Crippen LogP contribution in [0.3, 0.4) is 0 Å². The van der Waals surface area contributed by atoms with Crippen molar-refractivity contribution in [3.05, 3.63) is 48.0 Å². The largest absolute Gasteiger partial charge is 0.472 e. The summed E-state index contributed by atoms with van der Waals surface area (Å²) >= 11 is 2.98. The van der Waals surface area contributed by atoms with E-state index in [1.165, 1.54) is 41.4 Å². The van der Waals surface area contributed by atoms with E-state index in [2.05, 4.69) is 20.2 Å². The van der Waals surface area contributed by atoms with E-state index < -0.39 is 0 Å². The van der Waals surface area contributed by atoms with Crippen molar-refractivity contribution in [2.45, 2.75) is 10.9 Å². The van der Waals surface area contributed by atoms with E-state index in [9.17, 15) is 4.39 Å². The third-order valence-corrected chi connectivity index (χ3v) is 4.63. The van der Waals surface area contributed by atoms with Gasteiger partial charge in [-0.2, -0.15) is 0 Å². The SMILES string of the molecule is CSc1nnc(-c2cncc(OCc3ccc(F)cc3)n2)s1. The minimum Gasteiger partial charge on any atom is -0.472 e. The Morgan fingerprint density at radius 3 is 2.73 bits per heavy atom. The summed E-state index contributed by atoms with van der Waals surface area (Å²) in [6.07, 6.45) is 5.09. The third kappa shape index (κ3) is 3.58. The summed E-state index contributed by atoms with van der Waals surface area (Å²) in [6.45, 7) is 0.296. The van der Waals surface area contributed by atoms with Gasteiger partial charge in [0, 0.05) is 0 Å². The summed E-state index contributed by atoms with van der Waals surface area (Å²) < 4.78 is 19.3. The minimum absolute atomic E-state index is 0.272. The molecule has 3 aromatic rings. The van der Waals surface area contributed by atoms with Crippen LogP contribution in [0.5, 0.6) is 5.88 Å². The van der Waals surface area contributed by atoms with Gasteiger partial charge >= 0.3 is 0 Å². The molecule has 0 aliphatic rings. The Balaban J connectivity index is 1.72. The third-order valence-electron chi connectivity index (χ3n) is 2.71. The van der Waals surface area contributed by atoms with Crippen molar-refractivity contribution in [1.82, 2.24) is 20.2 Å². The molecule has 0 aliphatic heterocycles. The molecule has 0 amide bonds. The Morgan fingerprint density at radius 2 is 2.00 bits per heavy atom. The highest BCUT2D eigenvalue weighted by atomic mass is 32.2. The highest BCUT2D eigenvalue weighted by Crippen LogP contribution is 2.27. The van der Waals surface area contributed by atoms with Crippen LogP contribution >= 0.6 is 23.1 Å². The first-order chi connectivity index (χ1) is 10.7. The van der Waals surface area contributed by atoms with Gasteiger partial charge in [0.1, 0.15) is 18.1 Å². The van der Waals surface area contributed by atoms with E-state index >= 15 is 0 Å². The average molecular weight is 334 g/mol. The molecule has 2 aromatic heterocycles. The Bertz CT molecular complexity index is 764. The predicted molar refractivity (Wildman–Crippen MR) is 83.4 cm³/mol. The first kappa shape index (κ1) is 14.9. The minimum atomic E-state index is -0.272. The van der Waals surface area contributed by atoms with Crippen LogP contribution in [0.25, 0.3) is 10.7 Å². The lowest BCUT2D eigenvalue weighted by atomic mass is 10.2. The summed E-state index contributed by atoms with van der Waals surface area (Å²) in [5.74, 6) is 0.120. The molecule has 0 saturated carbocycles. The molecule has 22 heavy (non-hydrogen) atoms. The number of hydrogen-bond donors (Lipinski definition) is 0. The van der Waals surface area contributed by atoms with E-state index in [0.29, 0.717) is 23.2 Å². The summed E-state index contributed by atoms with van der Waals surface area (Å²) in [6, 6.07) is 6.13. The second-order valence-corrected chi connectivity index (χ2v) is 6.27. The van der Waals surface area contributed by atoms with Crippen LogP contribution in [-0.4, -0.2) is 26.4 Å². The predicted octanol–water partition coefficient (Wildman–Crippen LogP) is 3.44. The van der Waals surface area contributed by atoms with Gasteiger partial charge in [-0.3, -0.25) is 4.98 Å².